The molecule has 0 aliphatic carbocycles. The van der Waals surface area contributed by atoms with Crippen LogP contribution in [-0.2, 0) is 0 Å². The highest BCUT2D eigenvalue weighted by Gasteiger charge is 2.14. The molecule has 0 saturated carbocycles. The maximum atomic E-state index is 5.23. The van der Waals surface area contributed by atoms with Gasteiger partial charge in [-0.15, -0.1) is 12.3 Å². The zero-order valence-electron chi connectivity index (χ0n) is 9.34. The van der Waals surface area contributed by atoms with E-state index in [1.807, 2.05) is 0 Å². The van der Waals surface area contributed by atoms with E-state index in [4.69, 9.17) is 6.42 Å². The molecule has 0 bridgehead atoms. The molecule has 1 aliphatic heterocycles. The second kappa shape index (κ2) is 6.86. The van der Waals surface area contributed by atoms with E-state index in [2.05, 4.69) is 22.6 Å². The van der Waals surface area contributed by atoms with Gasteiger partial charge >= 0.3 is 0 Å². The zero-order valence-corrected chi connectivity index (χ0v) is 9.34. The fourth-order valence-corrected chi connectivity index (χ4v) is 1.96. The zero-order chi connectivity index (χ0) is 10.2. The van der Waals surface area contributed by atoms with Crippen molar-refractivity contribution < 1.29 is 0 Å². The van der Waals surface area contributed by atoms with E-state index in [9.17, 15) is 0 Å². The molecule has 2 nitrogen and oxygen atoms in total. The summed E-state index contributed by atoms with van der Waals surface area (Å²) in [5.74, 6) is 2.70. The molecule has 0 aromatic carbocycles. The summed E-state index contributed by atoms with van der Waals surface area (Å²) in [5.41, 5.74) is 0. The highest BCUT2D eigenvalue weighted by molar-refractivity contribution is 4.83. The van der Waals surface area contributed by atoms with Gasteiger partial charge in [0.2, 0.25) is 0 Å². The third-order valence-electron chi connectivity index (χ3n) is 2.80. The highest BCUT2D eigenvalue weighted by Crippen LogP contribution is 2.03. The summed E-state index contributed by atoms with van der Waals surface area (Å²) >= 11 is 0. The van der Waals surface area contributed by atoms with Crippen molar-refractivity contribution in [3.8, 4) is 12.3 Å². The monoisotopic (exact) mass is 194 g/mol. The predicted octanol–water partition coefficient (Wildman–Crippen LogP) is 1.43. The van der Waals surface area contributed by atoms with Crippen LogP contribution in [0.5, 0.6) is 0 Å². The van der Waals surface area contributed by atoms with Crippen molar-refractivity contribution >= 4 is 0 Å². The van der Waals surface area contributed by atoms with E-state index < -0.39 is 0 Å². The maximum absolute atomic E-state index is 5.23. The van der Waals surface area contributed by atoms with Crippen LogP contribution in [-0.4, -0.2) is 49.1 Å². The molecule has 0 radical (unpaired) electrons. The Morgan fingerprint density at radius 1 is 1.07 bits per heavy atom. The lowest BCUT2D eigenvalue weighted by Gasteiger charge is -2.34. The molecular weight excluding hydrogens is 172 g/mol. The summed E-state index contributed by atoms with van der Waals surface area (Å²) in [4.78, 5) is 5.08. The quantitative estimate of drug-likeness (QED) is 0.482. The molecule has 1 heterocycles. The van der Waals surface area contributed by atoms with E-state index in [0.29, 0.717) is 0 Å². The minimum absolute atomic E-state index is 0.926. The van der Waals surface area contributed by atoms with Gasteiger partial charge in [-0.25, -0.2) is 0 Å². The maximum Gasteiger partial charge on any atom is 0.0110 e. The van der Waals surface area contributed by atoms with E-state index in [0.717, 1.165) is 12.8 Å². The molecule has 1 fully saturated rings. The molecule has 0 aromatic rings. The second-order valence-electron chi connectivity index (χ2n) is 3.99. The first-order valence-corrected chi connectivity index (χ1v) is 5.75. The molecule has 0 aromatic heterocycles. The SMILES string of the molecule is C#CCCCN1CCN(CCC)CC1. The molecule has 1 saturated heterocycles. The Labute approximate surface area is 88.3 Å². The fourth-order valence-electron chi connectivity index (χ4n) is 1.96. The van der Waals surface area contributed by atoms with Crippen LogP contribution < -0.4 is 0 Å². The van der Waals surface area contributed by atoms with Gasteiger partial charge in [0.25, 0.3) is 0 Å². The Hall–Kier alpha value is -0.520. The molecule has 0 spiro atoms. The van der Waals surface area contributed by atoms with Gasteiger partial charge in [0, 0.05) is 32.6 Å². The minimum atomic E-state index is 0.926. The fraction of sp³-hybridized carbons (Fsp3) is 0.833. The average Bonchev–Trinajstić information content (AvgIpc) is 2.21. The third kappa shape index (κ3) is 4.13. The van der Waals surface area contributed by atoms with Crippen LogP contribution >= 0.6 is 0 Å². The Morgan fingerprint density at radius 3 is 2.14 bits per heavy atom. The van der Waals surface area contributed by atoms with Crippen molar-refractivity contribution in [1.29, 1.82) is 0 Å². The van der Waals surface area contributed by atoms with Gasteiger partial charge in [0.1, 0.15) is 0 Å². The number of nitrogens with zero attached hydrogens (tertiary/aromatic N) is 2. The molecule has 0 atom stereocenters. The minimum Gasteiger partial charge on any atom is -0.301 e. The Bertz CT molecular complexity index is 175. The largest absolute Gasteiger partial charge is 0.301 e. The van der Waals surface area contributed by atoms with E-state index in [1.165, 1.54) is 45.7 Å². The number of unbranched alkanes of at least 4 members (excludes halogenated alkanes) is 1. The summed E-state index contributed by atoms with van der Waals surface area (Å²) in [6.45, 7) is 9.63. The third-order valence-corrected chi connectivity index (χ3v) is 2.80. The van der Waals surface area contributed by atoms with Crippen molar-refractivity contribution in [1.82, 2.24) is 9.80 Å². The molecular formula is C12H22N2. The van der Waals surface area contributed by atoms with Crippen molar-refractivity contribution in [2.24, 2.45) is 0 Å². The average molecular weight is 194 g/mol. The van der Waals surface area contributed by atoms with Gasteiger partial charge in [0.05, 0.1) is 0 Å². The van der Waals surface area contributed by atoms with E-state index in [-0.39, 0.29) is 0 Å². The van der Waals surface area contributed by atoms with Crippen LogP contribution in [0.1, 0.15) is 26.2 Å². The normalized spacial score (nSPS) is 19.4. The lowest BCUT2D eigenvalue weighted by molar-refractivity contribution is 0.132. The Balaban J connectivity index is 2.07. The summed E-state index contributed by atoms with van der Waals surface area (Å²) in [5, 5.41) is 0. The molecule has 14 heavy (non-hydrogen) atoms. The first kappa shape index (κ1) is 11.6. The summed E-state index contributed by atoms with van der Waals surface area (Å²) < 4.78 is 0. The highest BCUT2D eigenvalue weighted by atomic mass is 15.3. The number of rotatable bonds is 5. The molecule has 1 rings (SSSR count). The van der Waals surface area contributed by atoms with Crippen molar-refractivity contribution in [3.63, 3.8) is 0 Å². The van der Waals surface area contributed by atoms with Gasteiger partial charge in [-0.2, -0.15) is 0 Å². The number of hydrogen-bond acceptors (Lipinski definition) is 2. The van der Waals surface area contributed by atoms with Gasteiger partial charge < -0.3 is 9.80 Å². The Morgan fingerprint density at radius 2 is 1.64 bits per heavy atom. The lowest BCUT2D eigenvalue weighted by atomic mass is 10.2. The van der Waals surface area contributed by atoms with Crippen LogP contribution in [0.25, 0.3) is 0 Å². The summed E-state index contributed by atoms with van der Waals surface area (Å²) in [7, 11) is 0. The van der Waals surface area contributed by atoms with Gasteiger partial charge in [-0.1, -0.05) is 6.92 Å². The number of terminal acetylenes is 1. The smallest absolute Gasteiger partial charge is 0.0110 e. The standard InChI is InChI=1S/C12H22N2/c1-3-5-6-8-14-11-9-13(7-4-2)10-12-14/h1H,4-12H2,2H3. The molecule has 1 aliphatic rings. The van der Waals surface area contributed by atoms with Gasteiger partial charge in [-0.3, -0.25) is 0 Å². The van der Waals surface area contributed by atoms with Crippen molar-refractivity contribution in [2.75, 3.05) is 39.3 Å². The molecule has 2 heteroatoms. The van der Waals surface area contributed by atoms with Gasteiger partial charge in [-0.05, 0) is 25.9 Å². The molecule has 0 unspecified atom stereocenters. The van der Waals surface area contributed by atoms with Gasteiger partial charge in [0.15, 0.2) is 0 Å². The molecule has 80 valence electrons. The van der Waals surface area contributed by atoms with Crippen LogP contribution in [0, 0.1) is 12.3 Å². The second-order valence-corrected chi connectivity index (χ2v) is 3.99. The van der Waals surface area contributed by atoms with Crippen LogP contribution in [0.15, 0.2) is 0 Å². The van der Waals surface area contributed by atoms with Crippen LogP contribution in [0.4, 0.5) is 0 Å². The van der Waals surface area contributed by atoms with Crippen LogP contribution in [0.2, 0.25) is 0 Å². The summed E-state index contributed by atoms with van der Waals surface area (Å²) in [6.07, 6.45) is 8.59. The van der Waals surface area contributed by atoms with Crippen molar-refractivity contribution in [3.05, 3.63) is 0 Å². The summed E-state index contributed by atoms with van der Waals surface area (Å²) in [6, 6.07) is 0. The van der Waals surface area contributed by atoms with Crippen molar-refractivity contribution in [2.45, 2.75) is 26.2 Å². The lowest BCUT2D eigenvalue weighted by Crippen LogP contribution is -2.46. The number of hydrogen-bond donors (Lipinski definition) is 0. The van der Waals surface area contributed by atoms with E-state index >= 15 is 0 Å². The first-order valence-electron chi connectivity index (χ1n) is 5.75. The molecule has 0 amide bonds. The van der Waals surface area contributed by atoms with E-state index in [1.54, 1.807) is 0 Å². The first-order chi connectivity index (χ1) is 6.86. The topological polar surface area (TPSA) is 6.48 Å². The number of piperazine rings is 1. The predicted molar refractivity (Wildman–Crippen MR) is 61.2 cm³/mol. The Kier molecular flexibility index (Phi) is 5.66. The van der Waals surface area contributed by atoms with Crippen LogP contribution in [0.3, 0.4) is 0 Å². The molecule has 0 N–H and O–H groups in total.